The molecule has 0 spiro atoms. The number of carboxylic acids is 4. The molecule has 0 heterocycles. The summed E-state index contributed by atoms with van der Waals surface area (Å²) in [6.07, 6.45) is 0. The van der Waals surface area contributed by atoms with Gasteiger partial charge in [0.05, 0.1) is 106 Å². The molecule has 0 aromatic rings. The molecule has 0 aromatic heterocycles. The van der Waals surface area contributed by atoms with Crippen LogP contribution >= 0.6 is 0 Å². The minimum Gasteiger partial charge on any atom is -0.480 e. The van der Waals surface area contributed by atoms with Crippen molar-refractivity contribution in [3.05, 3.63) is 0 Å². The van der Waals surface area contributed by atoms with Gasteiger partial charge in [-0.3, -0.25) is 29.0 Å². The summed E-state index contributed by atoms with van der Waals surface area (Å²) in [5.74, 6) is -5.29. The zero-order valence-electron chi connectivity index (χ0n) is 32.2. The number of rotatable bonds is 35. The van der Waals surface area contributed by atoms with E-state index in [0.29, 0.717) is 52.9 Å². The number of methoxy groups -OCH3 is 2. The van der Waals surface area contributed by atoms with Gasteiger partial charge in [0.2, 0.25) is 0 Å². The summed E-state index contributed by atoms with van der Waals surface area (Å²) in [5.41, 5.74) is -2.32. The second-order valence-electron chi connectivity index (χ2n) is 13.6. The zero-order chi connectivity index (χ0) is 39.7. The topological polar surface area (TPSA) is 230 Å². The molecule has 4 N–H and O–H groups in total. The lowest BCUT2D eigenvalue weighted by Crippen LogP contribution is -2.64. The van der Waals surface area contributed by atoms with Gasteiger partial charge in [0.15, 0.2) is 0 Å². The summed E-state index contributed by atoms with van der Waals surface area (Å²) < 4.78 is 42.9. The molecule has 18 nitrogen and oxygen atoms in total. The van der Waals surface area contributed by atoms with Gasteiger partial charge < -0.3 is 58.3 Å². The molecule has 0 radical (unpaired) electrons. The number of ether oxygens (including phenoxy) is 8. The van der Waals surface area contributed by atoms with Crippen LogP contribution in [-0.2, 0) is 57.1 Å². The van der Waals surface area contributed by atoms with Crippen LogP contribution in [0, 0.1) is 10.8 Å². The van der Waals surface area contributed by atoms with Gasteiger partial charge in [0.25, 0.3) is 0 Å². The van der Waals surface area contributed by atoms with Gasteiger partial charge in [-0.1, -0.05) is 27.7 Å². The molecule has 0 fully saturated rings. The molecular weight excluding hydrogens is 692 g/mol. The van der Waals surface area contributed by atoms with E-state index in [0.717, 1.165) is 0 Å². The standard InChI is InChI=1S/C34H64N2O16/c1-25(35(21-27(37)38)29(31(41)42)33(3,4)23-51-19-17-49-15-13-47-11-9-45-7)26(2)36(22-28(39)40)30(32(43)44)34(5,6)24-52-20-18-50-16-14-48-12-10-46-8/h25-26,29-30H,9-24H2,1-8H3,(H,37,38)(H,39,40)(H,41,42)(H,43,44). The molecule has 306 valence electrons. The second kappa shape index (κ2) is 27.1. The Bertz CT molecular complexity index is 936. The van der Waals surface area contributed by atoms with Crippen molar-refractivity contribution in [3.63, 3.8) is 0 Å². The van der Waals surface area contributed by atoms with Crippen LogP contribution in [0.5, 0.6) is 0 Å². The third-order valence-corrected chi connectivity index (χ3v) is 8.29. The molecule has 0 aliphatic carbocycles. The molecule has 4 atom stereocenters. The molecule has 0 aliphatic heterocycles. The van der Waals surface area contributed by atoms with Gasteiger partial charge in [-0.15, -0.1) is 0 Å². The first kappa shape index (κ1) is 49.5. The fourth-order valence-corrected chi connectivity index (χ4v) is 5.65. The van der Waals surface area contributed by atoms with Crippen molar-refractivity contribution in [2.75, 3.05) is 120 Å². The number of aliphatic carboxylic acids is 4. The van der Waals surface area contributed by atoms with Crippen LogP contribution in [0.15, 0.2) is 0 Å². The van der Waals surface area contributed by atoms with Crippen molar-refractivity contribution in [2.24, 2.45) is 10.8 Å². The Labute approximate surface area is 307 Å². The first-order valence-electron chi connectivity index (χ1n) is 17.3. The lowest BCUT2D eigenvalue weighted by atomic mass is 9.81. The molecule has 0 rings (SSSR count). The average Bonchev–Trinajstić information content (AvgIpc) is 3.04. The lowest BCUT2D eigenvalue weighted by Gasteiger charge is -2.48. The van der Waals surface area contributed by atoms with Crippen LogP contribution in [0.1, 0.15) is 41.5 Å². The number of carboxylic acid groups (broad SMARTS) is 4. The summed E-state index contributed by atoms with van der Waals surface area (Å²) in [6.45, 7) is 11.9. The molecule has 18 heteroatoms. The molecule has 0 amide bonds. The maximum absolute atomic E-state index is 12.8. The molecule has 0 aromatic carbocycles. The van der Waals surface area contributed by atoms with Crippen molar-refractivity contribution in [3.8, 4) is 0 Å². The van der Waals surface area contributed by atoms with Gasteiger partial charge in [-0.2, -0.15) is 0 Å². The van der Waals surface area contributed by atoms with Crippen molar-refractivity contribution >= 4 is 23.9 Å². The van der Waals surface area contributed by atoms with E-state index in [1.807, 2.05) is 0 Å². The molecular formula is C34H64N2O16. The zero-order valence-corrected chi connectivity index (χ0v) is 32.2. The first-order chi connectivity index (χ1) is 24.4. The Morgan fingerprint density at radius 2 is 0.731 bits per heavy atom. The maximum Gasteiger partial charge on any atom is 0.321 e. The summed E-state index contributed by atoms with van der Waals surface area (Å²) in [7, 11) is 3.14. The predicted molar refractivity (Wildman–Crippen MR) is 187 cm³/mol. The molecule has 0 aliphatic rings. The highest BCUT2D eigenvalue weighted by molar-refractivity contribution is 5.77. The van der Waals surface area contributed by atoms with Crippen LogP contribution in [0.4, 0.5) is 0 Å². The van der Waals surface area contributed by atoms with E-state index in [1.54, 1.807) is 55.8 Å². The summed E-state index contributed by atoms with van der Waals surface area (Å²) in [6, 6.07) is -4.77. The van der Waals surface area contributed by atoms with Crippen LogP contribution in [0.3, 0.4) is 0 Å². The Kier molecular flexibility index (Phi) is 25.8. The molecule has 0 bridgehead atoms. The lowest BCUT2D eigenvalue weighted by molar-refractivity contribution is -0.163. The monoisotopic (exact) mass is 756 g/mol. The van der Waals surface area contributed by atoms with E-state index in [-0.39, 0.29) is 39.6 Å². The highest BCUT2D eigenvalue weighted by atomic mass is 16.6. The van der Waals surface area contributed by atoms with Crippen molar-refractivity contribution in [1.29, 1.82) is 0 Å². The van der Waals surface area contributed by atoms with Gasteiger partial charge in [0, 0.05) is 37.1 Å². The SMILES string of the molecule is COCCOCCOCCOCC(C)(C)C(C(=O)O)N(CC(=O)O)C(C)C(C)N(CC(=O)O)C(C(=O)O)C(C)(C)COCCOCCOCCOC. The molecule has 52 heavy (non-hydrogen) atoms. The Morgan fingerprint density at radius 3 is 0.962 bits per heavy atom. The highest BCUT2D eigenvalue weighted by Gasteiger charge is 2.48. The van der Waals surface area contributed by atoms with Crippen LogP contribution in [0.25, 0.3) is 0 Å². The first-order valence-corrected chi connectivity index (χ1v) is 17.3. The fourth-order valence-electron chi connectivity index (χ4n) is 5.65. The van der Waals surface area contributed by atoms with E-state index in [9.17, 15) is 39.6 Å². The minimum atomic E-state index is -1.42. The Morgan fingerprint density at radius 1 is 0.481 bits per heavy atom. The smallest absolute Gasteiger partial charge is 0.321 e. The quantitative estimate of drug-likeness (QED) is 0.0658. The van der Waals surface area contributed by atoms with E-state index >= 15 is 0 Å². The predicted octanol–water partition coefficient (Wildman–Crippen LogP) is 0.888. The summed E-state index contributed by atoms with van der Waals surface area (Å²) in [4.78, 5) is 52.3. The number of carbonyl (C=O) groups is 4. The number of nitrogens with zero attached hydrogens (tertiary/aromatic N) is 2. The van der Waals surface area contributed by atoms with E-state index in [1.165, 1.54) is 9.80 Å². The van der Waals surface area contributed by atoms with Crippen molar-refractivity contribution < 1.29 is 77.5 Å². The van der Waals surface area contributed by atoms with Crippen molar-refractivity contribution in [1.82, 2.24) is 9.80 Å². The second-order valence-corrected chi connectivity index (χ2v) is 13.6. The Balaban J connectivity index is 5.86. The maximum atomic E-state index is 12.8. The highest BCUT2D eigenvalue weighted by Crippen LogP contribution is 2.32. The largest absolute Gasteiger partial charge is 0.480 e. The van der Waals surface area contributed by atoms with Crippen LogP contribution < -0.4 is 0 Å². The number of hydrogen-bond acceptors (Lipinski definition) is 14. The number of hydrogen-bond donors (Lipinski definition) is 4. The third-order valence-electron chi connectivity index (χ3n) is 8.29. The summed E-state index contributed by atoms with van der Waals surface area (Å²) in [5, 5.41) is 40.6. The van der Waals surface area contributed by atoms with Gasteiger partial charge in [0.1, 0.15) is 12.1 Å². The Hall–Kier alpha value is -2.52. The van der Waals surface area contributed by atoms with E-state index in [4.69, 9.17) is 37.9 Å². The minimum absolute atomic E-state index is 0.0829. The van der Waals surface area contributed by atoms with Crippen LogP contribution in [0.2, 0.25) is 0 Å². The van der Waals surface area contributed by atoms with E-state index in [2.05, 4.69) is 0 Å². The van der Waals surface area contributed by atoms with Crippen molar-refractivity contribution in [2.45, 2.75) is 65.7 Å². The molecule has 0 saturated heterocycles. The molecule has 0 saturated carbocycles. The normalized spacial score (nSPS) is 14.7. The van der Waals surface area contributed by atoms with Gasteiger partial charge in [-0.05, 0) is 13.8 Å². The third kappa shape index (κ3) is 20.1. The summed E-state index contributed by atoms with van der Waals surface area (Å²) >= 11 is 0. The van der Waals surface area contributed by atoms with Crippen LogP contribution in [-0.4, -0.2) is 198 Å². The van der Waals surface area contributed by atoms with Gasteiger partial charge in [-0.25, -0.2) is 0 Å². The van der Waals surface area contributed by atoms with Gasteiger partial charge >= 0.3 is 23.9 Å². The van der Waals surface area contributed by atoms with E-state index < -0.39 is 72.0 Å². The fraction of sp³-hybridized carbons (Fsp3) is 0.882. The molecule has 4 unspecified atom stereocenters. The average molecular weight is 757 g/mol.